The van der Waals surface area contributed by atoms with E-state index in [1.165, 1.54) is 0 Å². The van der Waals surface area contributed by atoms with E-state index >= 15 is 0 Å². The fourth-order valence-corrected chi connectivity index (χ4v) is 4.40. The Labute approximate surface area is 176 Å². The summed E-state index contributed by atoms with van der Waals surface area (Å²) in [7, 11) is 0. The van der Waals surface area contributed by atoms with Crippen molar-refractivity contribution in [3.8, 4) is 0 Å². The number of ketones is 1. The summed E-state index contributed by atoms with van der Waals surface area (Å²) in [6, 6.07) is 13.7. The lowest BCUT2D eigenvalue weighted by Gasteiger charge is -2.35. The van der Waals surface area contributed by atoms with E-state index in [0.717, 1.165) is 36.2 Å². The third-order valence-electron chi connectivity index (χ3n) is 5.88. The summed E-state index contributed by atoms with van der Waals surface area (Å²) in [6.07, 6.45) is 4.46. The first-order valence-corrected chi connectivity index (χ1v) is 10.6. The Bertz CT molecular complexity index is 985. The molecular formula is C25H27NO4. The summed E-state index contributed by atoms with van der Waals surface area (Å²) < 4.78 is 11.2. The van der Waals surface area contributed by atoms with Crippen LogP contribution >= 0.6 is 0 Å². The predicted octanol–water partition coefficient (Wildman–Crippen LogP) is 4.98. The number of dihydropyridines is 1. The fourth-order valence-electron chi connectivity index (χ4n) is 4.40. The van der Waals surface area contributed by atoms with Crippen LogP contribution in [0.25, 0.3) is 0 Å². The van der Waals surface area contributed by atoms with E-state index in [0.29, 0.717) is 29.9 Å². The lowest BCUT2D eigenvalue weighted by molar-refractivity contribution is -0.139. The Balaban J connectivity index is 1.70. The highest BCUT2D eigenvalue weighted by atomic mass is 16.5. The molecule has 30 heavy (non-hydrogen) atoms. The molecule has 4 rings (SSSR count). The standard InChI is InChI=1S/C25H27NO4/c1-3-4-12-30-25(28)22-16(2)26-19-14-18(17-9-6-5-7-10-17)15-20(27)23(19)24(22)21-11-8-13-29-21/h5-11,13,18,24,26H,3-4,12,14-15H2,1-2H3/t18-,24-/m1/s1. The number of allylic oxidation sites excluding steroid dienone is 3. The van der Waals surface area contributed by atoms with Gasteiger partial charge in [-0.05, 0) is 43.4 Å². The van der Waals surface area contributed by atoms with Crippen LogP contribution in [-0.4, -0.2) is 18.4 Å². The summed E-state index contributed by atoms with van der Waals surface area (Å²) in [6.45, 7) is 4.28. The summed E-state index contributed by atoms with van der Waals surface area (Å²) in [5, 5.41) is 3.36. The zero-order chi connectivity index (χ0) is 21.1. The van der Waals surface area contributed by atoms with Crippen LogP contribution < -0.4 is 5.32 Å². The van der Waals surface area contributed by atoms with Crippen molar-refractivity contribution < 1.29 is 18.7 Å². The van der Waals surface area contributed by atoms with Gasteiger partial charge in [-0.25, -0.2) is 4.79 Å². The van der Waals surface area contributed by atoms with E-state index in [1.807, 2.05) is 38.1 Å². The summed E-state index contributed by atoms with van der Waals surface area (Å²) >= 11 is 0. The van der Waals surface area contributed by atoms with Crippen LogP contribution in [0.2, 0.25) is 0 Å². The van der Waals surface area contributed by atoms with Gasteiger partial charge in [-0.15, -0.1) is 0 Å². The van der Waals surface area contributed by atoms with Crippen LogP contribution in [0.4, 0.5) is 0 Å². The second kappa shape index (κ2) is 8.74. The molecule has 1 aliphatic carbocycles. The molecule has 0 radical (unpaired) electrons. The normalized spacial score (nSPS) is 21.3. The molecule has 0 amide bonds. The van der Waals surface area contributed by atoms with Gasteiger partial charge in [0.1, 0.15) is 5.76 Å². The number of hydrogen-bond acceptors (Lipinski definition) is 5. The van der Waals surface area contributed by atoms with Crippen molar-refractivity contribution in [1.29, 1.82) is 0 Å². The molecular weight excluding hydrogens is 378 g/mol. The molecule has 0 saturated heterocycles. The maximum Gasteiger partial charge on any atom is 0.336 e. The number of hydrogen-bond donors (Lipinski definition) is 1. The highest BCUT2D eigenvalue weighted by Crippen LogP contribution is 2.45. The van der Waals surface area contributed by atoms with Gasteiger partial charge < -0.3 is 14.5 Å². The zero-order valence-corrected chi connectivity index (χ0v) is 17.4. The van der Waals surface area contributed by atoms with Crippen molar-refractivity contribution in [2.75, 3.05) is 6.61 Å². The van der Waals surface area contributed by atoms with Gasteiger partial charge in [0.2, 0.25) is 0 Å². The third kappa shape index (κ3) is 3.84. The molecule has 5 heteroatoms. The molecule has 2 aliphatic rings. The van der Waals surface area contributed by atoms with Crippen molar-refractivity contribution in [2.45, 2.75) is 51.4 Å². The molecule has 1 aromatic carbocycles. The van der Waals surface area contributed by atoms with Crippen LogP contribution in [0.15, 0.2) is 75.7 Å². The van der Waals surface area contributed by atoms with Crippen molar-refractivity contribution in [2.24, 2.45) is 0 Å². The van der Waals surface area contributed by atoms with E-state index in [2.05, 4.69) is 17.4 Å². The minimum Gasteiger partial charge on any atom is -0.468 e. The van der Waals surface area contributed by atoms with Gasteiger partial charge in [-0.3, -0.25) is 4.79 Å². The SMILES string of the molecule is CCCCOC(=O)C1=C(C)NC2=C(C(=O)C[C@H](c3ccccc3)C2)[C@@H]1c1ccco1. The van der Waals surface area contributed by atoms with Crippen molar-refractivity contribution >= 4 is 11.8 Å². The van der Waals surface area contributed by atoms with Gasteiger partial charge in [0, 0.05) is 23.4 Å². The second-order valence-electron chi connectivity index (χ2n) is 7.93. The molecule has 2 atom stereocenters. The average Bonchev–Trinajstić information content (AvgIpc) is 3.28. The Hall–Kier alpha value is -3.08. The number of furan rings is 1. The summed E-state index contributed by atoms with van der Waals surface area (Å²) in [4.78, 5) is 26.3. The highest BCUT2D eigenvalue weighted by Gasteiger charge is 2.42. The van der Waals surface area contributed by atoms with E-state index < -0.39 is 5.92 Å². The molecule has 0 unspecified atom stereocenters. The van der Waals surface area contributed by atoms with Crippen LogP contribution in [0, 0.1) is 0 Å². The Morgan fingerprint density at radius 2 is 1.97 bits per heavy atom. The highest BCUT2D eigenvalue weighted by molar-refractivity contribution is 6.04. The van der Waals surface area contributed by atoms with Crippen molar-refractivity contribution in [1.82, 2.24) is 5.32 Å². The van der Waals surface area contributed by atoms with Crippen molar-refractivity contribution in [3.05, 3.63) is 82.6 Å². The lowest BCUT2D eigenvalue weighted by atomic mass is 9.73. The zero-order valence-electron chi connectivity index (χ0n) is 17.4. The monoisotopic (exact) mass is 405 g/mol. The molecule has 5 nitrogen and oxygen atoms in total. The molecule has 2 aromatic rings. The number of carbonyl (C=O) groups is 2. The number of benzene rings is 1. The Morgan fingerprint density at radius 1 is 1.17 bits per heavy atom. The number of Topliss-reactive ketones (excluding diaryl/α,β-unsaturated/α-hetero) is 1. The third-order valence-corrected chi connectivity index (χ3v) is 5.88. The number of rotatable bonds is 6. The quantitative estimate of drug-likeness (QED) is 0.542. The van der Waals surface area contributed by atoms with Gasteiger partial charge in [0.25, 0.3) is 0 Å². The first-order valence-electron chi connectivity index (χ1n) is 10.6. The number of carbonyl (C=O) groups excluding carboxylic acids is 2. The predicted molar refractivity (Wildman–Crippen MR) is 114 cm³/mol. The van der Waals surface area contributed by atoms with E-state index in [9.17, 15) is 9.59 Å². The molecule has 1 aliphatic heterocycles. The minimum absolute atomic E-state index is 0.0466. The van der Waals surface area contributed by atoms with E-state index in [-0.39, 0.29) is 17.7 Å². The van der Waals surface area contributed by atoms with Gasteiger partial charge >= 0.3 is 5.97 Å². The first kappa shape index (κ1) is 20.2. The van der Waals surface area contributed by atoms with Crippen LogP contribution in [0.5, 0.6) is 0 Å². The van der Waals surface area contributed by atoms with E-state index in [4.69, 9.17) is 9.15 Å². The molecule has 156 valence electrons. The van der Waals surface area contributed by atoms with Gasteiger partial charge in [0.15, 0.2) is 5.78 Å². The summed E-state index contributed by atoms with van der Waals surface area (Å²) in [5.41, 5.74) is 3.85. The van der Waals surface area contributed by atoms with Crippen LogP contribution in [-0.2, 0) is 14.3 Å². The minimum atomic E-state index is -0.533. The van der Waals surface area contributed by atoms with Gasteiger partial charge in [-0.2, -0.15) is 0 Å². The van der Waals surface area contributed by atoms with Crippen LogP contribution in [0.1, 0.15) is 62.7 Å². The van der Waals surface area contributed by atoms with E-state index in [1.54, 1.807) is 12.3 Å². The topological polar surface area (TPSA) is 68.5 Å². The molecule has 2 heterocycles. The number of esters is 1. The lowest BCUT2D eigenvalue weighted by Crippen LogP contribution is -2.36. The maximum atomic E-state index is 13.3. The number of ether oxygens (including phenoxy) is 1. The molecule has 1 aromatic heterocycles. The largest absolute Gasteiger partial charge is 0.468 e. The maximum absolute atomic E-state index is 13.3. The average molecular weight is 405 g/mol. The molecule has 0 spiro atoms. The van der Waals surface area contributed by atoms with Crippen molar-refractivity contribution in [3.63, 3.8) is 0 Å². The molecule has 1 N–H and O–H groups in total. The van der Waals surface area contributed by atoms with Crippen LogP contribution in [0.3, 0.4) is 0 Å². The first-order chi connectivity index (χ1) is 14.6. The second-order valence-corrected chi connectivity index (χ2v) is 7.93. The Kier molecular flexibility index (Phi) is 5.88. The number of unbranched alkanes of at least 4 members (excludes halogenated alkanes) is 1. The smallest absolute Gasteiger partial charge is 0.336 e. The fraction of sp³-hybridized carbons (Fsp3) is 0.360. The molecule has 0 bridgehead atoms. The molecule has 0 fully saturated rings. The van der Waals surface area contributed by atoms with Gasteiger partial charge in [-0.1, -0.05) is 43.7 Å². The Morgan fingerprint density at radius 3 is 2.67 bits per heavy atom. The number of nitrogens with one attached hydrogen (secondary N) is 1. The summed E-state index contributed by atoms with van der Waals surface area (Å²) in [5.74, 6) is -0.162. The molecule has 0 saturated carbocycles. The van der Waals surface area contributed by atoms with Gasteiger partial charge in [0.05, 0.1) is 24.4 Å².